The van der Waals surface area contributed by atoms with Gasteiger partial charge in [-0.15, -0.1) is 0 Å². The Labute approximate surface area is 68.3 Å². The first kappa shape index (κ1) is 8.70. The van der Waals surface area contributed by atoms with Gasteiger partial charge in [-0.3, -0.25) is 4.79 Å². The smallest absolute Gasteiger partial charge is 0.342 e. The van der Waals surface area contributed by atoms with E-state index < -0.39 is 23.3 Å². The normalized spacial score (nSPS) is 19.8. The van der Waals surface area contributed by atoms with Crippen LogP contribution in [0.4, 0.5) is 0 Å². The highest BCUT2D eigenvalue weighted by atomic mass is 16.6. The van der Waals surface area contributed by atoms with Crippen molar-refractivity contribution >= 4 is 17.9 Å². The van der Waals surface area contributed by atoms with Crippen molar-refractivity contribution in [3.8, 4) is 0 Å². The predicted molar refractivity (Wildman–Crippen MR) is 36.1 cm³/mol. The van der Waals surface area contributed by atoms with Gasteiger partial charge in [0, 0.05) is 0 Å². The Morgan fingerprint density at radius 1 is 1.50 bits per heavy atom. The number of ether oxygens (including phenoxy) is 1. The molecule has 66 valence electrons. The van der Waals surface area contributed by atoms with Gasteiger partial charge in [0.05, 0.1) is 0 Å². The summed E-state index contributed by atoms with van der Waals surface area (Å²) in [4.78, 5) is 32.1. The van der Waals surface area contributed by atoms with Crippen molar-refractivity contribution in [2.24, 2.45) is 5.41 Å². The minimum atomic E-state index is -1.89. The molecule has 1 aliphatic rings. The van der Waals surface area contributed by atoms with E-state index in [0.29, 0.717) is 6.42 Å². The minimum absolute atomic E-state index is 0.0139. The van der Waals surface area contributed by atoms with Gasteiger partial charge in [-0.05, 0) is 6.42 Å². The molecule has 0 spiro atoms. The number of carboxylic acids is 1. The second-order valence-electron chi connectivity index (χ2n) is 2.64. The van der Waals surface area contributed by atoms with E-state index in [2.05, 4.69) is 4.74 Å². The summed E-state index contributed by atoms with van der Waals surface area (Å²) in [5, 5.41) is 8.63. The fraction of sp³-hybridized carbons (Fsp3) is 0.571. The lowest BCUT2D eigenvalue weighted by Gasteiger charge is -2.31. The van der Waals surface area contributed by atoms with Crippen molar-refractivity contribution in [1.29, 1.82) is 0 Å². The van der Waals surface area contributed by atoms with Crippen LogP contribution in [0.5, 0.6) is 0 Å². The molecule has 0 amide bonds. The number of rotatable bonds is 3. The first-order chi connectivity index (χ1) is 5.55. The second kappa shape index (κ2) is 2.58. The third-order valence-corrected chi connectivity index (χ3v) is 1.87. The molecule has 5 nitrogen and oxygen atoms in total. The molecule has 1 heterocycles. The molecule has 0 saturated carbocycles. The van der Waals surface area contributed by atoms with Crippen LogP contribution < -0.4 is 0 Å². The summed E-state index contributed by atoms with van der Waals surface area (Å²) in [5.74, 6) is -3.30. The number of hydrogen-bond donors (Lipinski definition) is 1. The zero-order valence-corrected chi connectivity index (χ0v) is 6.49. The molecule has 12 heavy (non-hydrogen) atoms. The fourth-order valence-corrected chi connectivity index (χ4v) is 1.16. The van der Waals surface area contributed by atoms with Crippen LogP contribution in [0.25, 0.3) is 0 Å². The van der Waals surface area contributed by atoms with Crippen LogP contribution in [-0.2, 0) is 19.1 Å². The van der Waals surface area contributed by atoms with E-state index in [1.165, 1.54) is 0 Å². The lowest BCUT2D eigenvalue weighted by Crippen LogP contribution is -2.58. The van der Waals surface area contributed by atoms with Crippen LogP contribution in [0.15, 0.2) is 0 Å². The van der Waals surface area contributed by atoms with Gasteiger partial charge in [0.25, 0.3) is 5.41 Å². The van der Waals surface area contributed by atoms with Crippen LogP contribution in [0.1, 0.15) is 19.8 Å². The predicted octanol–water partition coefficient (Wildman–Crippen LogP) is -0.0591. The summed E-state index contributed by atoms with van der Waals surface area (Å²) in [7, 11) is 0. The molecular formula is C7H8O5. The third-order valence-electron chi connectivity index (χ3n) is 1.87. The summed E-state index contributed by atoms with van der Waals surface area (Å²) in [6, 6.07) is 0. The van der Waals surface area contributed by atoms with Gasteiger partial charge in [-0.2, -0.15) is 0 Å². The van der Waals surface area contributed by atoms with Gasteiger partial charge in [-0.1, -0.05) is 13.3 Å². The lowest BCUT2D eigenvalue weighted by atomic mass is 9.80. The van der Waals surface area contributed by atoms with Crippen molar-refractivity contribution in [3.63, 3.8) is 0 Å². The topological polar surface area (TPSA) is 80.7 Å². The molecule has 0 aromatic carbocycles. The summed E-state index contributed by atoms with van der Waals surface area (Å²) >= 11 is 0. The molecule has 1 fully saturated rings. The molecule has 0 bridgehead atoms. The molecule has 1 aliphatic heterocycles. The number of carbonyl (C=O) groups excluding carboxylic acids is 2. The van der Waals surface area contributed by atoms with E-state index in [4.69, 9.17) is 5.11 Å². The summed E-state index contributed by atoms with van der Waals surface area (Å²) in [5.41, 5.74) is -1.89. The zero-order valence-electron chi connectivity index (χ0n) is 6.49. The maximum Gasteiger partial charge on any atom is 0.342 e. The van der Waals surface area contributed by atoms with Gasteiger partial charge in [-0.25, -0.2) is 9.59 Å². The Balaban J connectivity index is 2.94. The highest BCUT2D eigenvalue weighted by Crippen LogP contribution is 2.35. The van der Waals surface area contributed by atoms with Crippen molar-refractivity contribution < 1.29 is 24.2 Å². The van der Waals surface area contributed by atoms with Crippen molar-refractivity contribution in [3.05, 3.63) is 0 Å². The van der Waals surface area contributed by atoms with Gasteiger partial charge in [0.15, 0.2) is 0 Å². The van der Waals surface area contributed by atoms with Crippen molar-refractivity contribution in [2.45, 2.75) is 19.8 Å². The molecular weight excluding hydrogens is 164 g/mol. The summed E-state index contributed by atoms with van der Waals surface area (Å²) in [6.45, 7) is 1.70. The van der Waals surface area contributed by atoms with Gasteiger partial charge >= 0.3 is 17.9 Å². The summed E-state index contributed by atoms with van der Waals surface area (Å²) < 4.78 is 4.01. The molecule has 0 radical (unpaired) electrons. The monoisotopic (exact) mass is 172 g/mol. The van der Waals surface area contributed by atoms with E-state index in [1.807, 2.05) is 0 Å². The zero-order chi connectivity index (χ0) is 9.35. The highest BCUT2D eigenvalue weighted by molar-refractivity contribution is 6.27. The molecule has 0 unspecified atom stereocenters. The maximum absolute atomic E-state index is 10.8. The maximum atomic E-state index is 10.8. The number of hydrogen-bond acceptors (Lipinski definition) is 4. The Kier molecular flexibility index (Phi) is 1.87. The number of esters is 2. The van der Waals surface area contributed by atoms with E-state index >= 15 is 0 Å². The van der Waals surface area contributed by atoms with Gasteiger partial charge in [0.1, 0.15) is 0 Å². The van der Waals surface area contributed by atoms with E-state index in [0.717, 1.165) is 0 Å². The molecule has 1 rings (SSSR count). The standard InChI is InChI=1S/C7H8O5/c1-2-3-7(4(8)9)5(10)12-6(7)11/h2-3H2,1H3,(H,8,9). The number of carboxylic acid groups (broad SMARTS) is 1. The molecule has 1 saturated heterocycles. The molecule has 1 N–H and O–H groups in total. The Morgan fingerprint density at radius 2 is 2.00 bits per heavy atom. The Hall–Kier alpha value is -1.39. The van der Waals surface area contributed by atoms with Crippen LogP contribution in [0.3, 0.4) is 0 Å². The first-order valence-corrected chi connectivity index (χ1v) is 3.55. The average Bonchev–Trinajstić information content (AvgIpc) is 1.99. The van der Waals surface area contributed by atoms with Crippen LogP contribution in [0.2, 0.25) is 0 Å². The Morgan fingerprint density at radius 3 is 2.17 bits per heavy atom. The molecule has 0 aliphatic carbocycles. The molecule has 0 atom stereocenters. The van der Waals surface area contributed by atoms with Gasteiger partial charge < -0.3 is 9.84 Å². The number of carbonyl (C=O) groups is 3. The van der Waals surface area contributed by atoms with Gasteiger partial charge in [0.2, 0.25) is 0 Å². The third kappa shape index (κ3) is 0.823. The minimum Gasteiger partial charge on any atom is -0.480 e. The lowest BCUT2D eigenvalue weighted by molar-refractivity contribution is -0.202. The Bertz CT molecular complexity index is 227. The number of aliphatic carboxylic acids is 1. The average molecular weight is 172 g/mol. The van der Waals surface area contributed by atoms with Crippen LogP contribution in [0, 0.1) is 5.41 Å². The van der Waals surface area contributed by atoms with Crippen molar-refractivity contribution in [2.75, 3.05) is 0 Å². The van der Waals surface area contributed by atoms with Crippen molar-refractivity contribution in [1.82, 2.24) is 0 Å². The quantitative estimate of drug-likeness (QED) is 0.476. The molecule has 5 heteroatoms. The molecule has 0 aromatic rings. The second-order valence-corrected chi connectivity index (χ2v) is 2.64. The van der Waals surface area contributed by atoms with E-state index in [1.54, 1.807) is 6.92 Å². The van der Waals surface area contributed by atoms with Crippen LogP contribution >= 0.6 is 0 Å². The largest absolute Gasteiger partial charge is 0.480 e. The fourth-order valence-electron chi connectivity index (χ4n) is 1.16. The SMILES string of the molecule is CCCC1(C(=O)O)C(=O)OC1=O. The first-order valence-electron chi connectivity index (χ1n) is 3.55. The van der Waals surface area contributed by atoms with Crippen LogP contribution in [-0.4, -0.2) is 23.0 Å². The summed E-state index contributed by atoms with van der Waals surface area (Å²) in [6.07, 6.45) is 0.465. The van der Waals surface area contributed by atoms with E-state index in [-0.39, 0.29) is 6.42 Å². The number of cyclic esters (lactones) is 2. The highest BCUT2D eigenvalue weighted by Gasteiger charge is 2.64. The van der Waals surface area contributed by atoms with E-state index in [9.17, 15) is 14.4 Å². The molecule has 0 aromatic heterocycles.